The molecule has 27 heteroatoms. The molecule has 3 amide bonds. The molecule has 15 rings (SSSR count). The third kappa shape index (κ3) is 13.0. The molecule has 0 bridgehead atoms. The Balaban J connectivity index is 0.000000133. The van der Waals surface area contributed by atoms with Crippen molar-refractivity contribution >= 4 is 51.7 Å². The number of piperazine rings is 3. The molecule has 0 atom stereocenters. The highest BCUT2D eigenvalue weighted by molar-refractivity contribution is 5.95. The third-order valence-electron chi connectivity index (χ3n) is 17.5. The fraction of sp³-hybridized carbons (Fsp3) is 0.208. The molecule has 3 saturated heterocycles. The number of rotatable bonds is 9. The van der Waals surface area contributed by atoms with Crippen molar-refractivity contribution in [1.29, 1.82) is 15.8 Å². The van der Waals surface area contributed by atoms with Crippen molar-refractivity contribution in [3.8, 4) is 122 Å². The van der Waals surface area contributed by atoms with Crippen LogP contribution in [0.3, 0.4) is 0 Å². The molecule has 15 heterocycles. The number of carbonyl (C=O) groups is 3. The van der Waals surface area contributed by atoms with E-state index in [-0.39, 0.29) is 17.7 Å². The van der Waals surface area contributed by atoms with Gasteiger partial charge in [-0.3, -0.25) is 23.7 Å². The molecule has 12 aromatic heterocycles. The molecule has 3 aliphatic heterocycles. The fourth-order valence-electron chi connectivity index (χ4n) is 12.4. The minimum Gasteiger partial charge on any atom is -0.353 e. The Labute approximate surface area is 567 Å². The van der Waals surface area contributed by atoms with Crippen LogP contribution in [0.15, 0.2) is 147 Å². The van der Waals surface area contributed by atoms with Crippen LogP contribution in [0, 0.1) is 71.0 Å². The predicted molar refractivity (Wildman–Crippen MR) is 369 cm³/mol. The average Bonchev–Trinajstić information content (AvgIpc) is 1.71. The van der Waals surface area contributed by atoms with Crippen LogP contribution in [-0.2, 0) is 35.5 Å². The van der Waals surface area contributed by atoms with Gasteiger partial charge in [-0.2, -0.15) is 41.3 Å². The summed E-state index contributed by atoms with van der Waals surface area (Å²) in [5.74, 6) is 8.19. The molecule has 3 fully saturated rings. The maximum absolute atomic E-state index is 11.7. The van der Waals surface area contributed by atoms with Gasteiger partial charge in [0.05, 0.1) is 75.2 Å². The molecule has 27 nitrogen and oxygen atoms in total. The van der Waals surface area contributed by atoms with Crippen LogP contribution in [0.25, 0.3) is 83.7 Å². The molecule has 3 aliphatic rings. The fourth-order valence-corrected chi connectivity index (χ4v) is 12.4. The summed E-state index contributed by atoms with van der Waals surface area (Å²) in [7, 11) is 5.67. The number of terminal acetylenes is 3. The van der Waals surface area contributed by atoms with Crippen LogP contribution in [0.4, 0.5) is 17.5 Å². The van der Waals surface area contributed by atoms with E-state index in [4.69, 9.17) is 19.3 Å². The zero-order chi connectivity index (χ0) is 68.8. The van der Waals surface area contributed by atoms with E-state index in [0.29, 0.717) is 95.2 Å². The highest BCUT2D eigenvalue weighted by atomic mass is 16.2. The molecule has 0 aromatic carbocycles. The second-order valence-electron chi connectivity index (χ2n) is 23.4. The molecule has 0 saturated carbocycles. The predicted octanol–water partition coefficient (Wildman–Crippen LogP) is 5.85. The van der Waals surface area contributed by atoms with Crippen molar-refractivity contribution in [2.45, 2.75) is 0 Å². The van der Waals surface area contributed by atoms with Gasteiger partial charge in [-0.1, -0.05) is 0 Å². The van der Waals surface area contributed by atoms with Crippen LogP contribution in [0.5, 0.6) is 0 Å². The maximum Gasteiger partial charge on any atom is 0.298 e. The minimum absolute atomic E-state index is 0.274. The Hall–Kier alpha value is -13.9. The van der Waals surface area contributed by atoms with Gasteiger partial charge in [-0.25, -0.2) is 33.5 Å². The van der Waals surface area contributed by atoms with Gasteiger partial charge < -0.3 is 34.0 Å². The van der Waals surface area contributed by atoms with Crippen LogP contribution in [-0.4, -0.2) is 184 Å². The molecular formula is C72H60N24O3. The Morgan fingerprint density at radius 3 is 1.12 bits per heavy atom. The van der Waals surface area contributed by atoms with Crippen LogP contribution < -0.4 is 14.7 Å². The summed E-state index contributed by atoms with van der Waals surface area (Å²) < 4.78 is 10.6. The number of nitrogens with zero attached hydrogens (tertiary/aromatic N) is 24. The topological polar surface area (TPSA) is 286 Å². The van der Waals surface area contributed by atoms with E-state index in [2.05, 4.69) is 96.1 Å². The second-order valence-corrected chi connectivity index (χ2v) is 23.4. The summed E-state index contributed by atoms with van der Waals surface area (Å²) in [5, 5.41) is 50.7. The van der Waals surface area contributed by atoms with E-state index in [9.17, 15) is 30.2 Å². The number of nitriles is 3. The van der Waals surface area contributed by atoms with E-state index in [1.807, 2.05) is 130 Å². The van der Waals surface area contributed by atoms with Crippen LogP contribution in [0.1, 0.15) is 16.7 Å². The first kappa shape index (κ1) is 63.8. The van der Waals surface area contributed by atoms with Gasteiger partial charge >= 0.3 is 0 Å². The number of fused-ring (bicyclic) bond motifs is 3. The third-order valence-corrected chi connectivity index (χ3v) is 17.5. The molecule has 0 unspecified atom stereocenters. The van der Waals surface area contributed by atoms with Gasteiger partial charge in [0.2, 0.25) is 0 Å². The highest BCUT2D eigenvalue weighted by Gasteiger charge is 2.26. The Morgan fingerprint density at radius 1 is 0.424 bits per heavy atom. The van der Waals surface area contributed by atoms with Crippen LogP contribution >= 0.6 is 0 Å². The van der Waals surface area contributed by atoms with Gasteiger partial charge in [-0.05, 0) is 84.5 Å². The van der Waals surface area contributed by atoms with Gasteiger partial charge in [0.15, 0.2) is 0 Å². The first-order valence-corrected chi connectivity index (χ1v) is 31.3. The first-order valence-electron chi connectivity index (χ1n) is 31.3. The monoisotopic (exact) mass is 1310 g/mol. The lowest BCUT2D eigenvalue weighted by molar-refractivity contribution is -0.126. The summed E-state index contributed by atoms with van der Waals surface area (Å²) >= 11 is 0. The van der Waals surface area contributed by atoms with E-state index in [1.54, 1.807) is 81.1 Å². The van der Waals surface area contributed by atoms with E-state index >= 15 is 0 Å². The quantitative estimate of drug-likeness (QED) is 0.153. The standard InChI is InChI=1S/3C24H20N8O/c1-3-23(33)31-8-6-30(7-9-31)22-5-4-17(12-26-22)20-10-18(21-15-29(2)16-27-21)14-32-24(20)19(11-25)13-28-32;1-3-23(33)31-10-8-30(9-11-31)22-5-4-17(14-26-22)20-12-18(21-6-7-29(2)28-21)16-32-24(20)19(13-25)15-27-32;1-3-23(33)31-10-8-30(9-11-31)22-5-4-17(14-26-22)20-12-18(21-6-7-27-29(21)2)16-32-24(20)19(13-25)15-28-32/h1,4-5,10,12-16H,6-9H2,2H3;2*1,4-7,12,14-16H,8-11H2,2H3. The lowest BCUT2D eigenvalue weighted by Crippen LogP contribution is -2.48. The number of amides is 3. The van der Waals surface area contributed by atoms with Gasteiger partial charge in [0, 0.05) is 206 Å². The van der Waals surface area contributed by atoms with Crippen molar-refractivity contribution in [1.82, 2.24) is 87.6 Å². The largest absolute Gasteiger partial charge is 0.353 e. The van der Waals surface area contributed by atoms with Crippen LogP contribution in [0.2, 0.25) is 0 Å². The Morgan fingerprint density at radius 2 is 0.808 bits per heavy atom. The van der Waals surface area contributed by atoms with Gasteiger partial charge in [0.1, 0.15) is 35.7 Å². The Bertz CT molecular complexity index is 5110. The SMILES string of the molecule is C#CC(=O)N1CCN(c2ccc(-c3cc(-c4ccn(C)n4)cn4ncc(C#N)c34)cn2)CC1.C#CC(=O)N1CCN(c2ccc(-c3cc(-c4ccnn4C)cn4ncc(C#N)c34)cn2)CC1.C#CC(=O)N1CCN(c2ccc(-c3cc(-c4cn(C)cn4)cn4ncc(C#N)c34)cn2)CC1. The number of aromatic nitrogens is 15. The summed E-state index contributed by atoms with van der Waals surface area (Å²) in [6, 6.07) is 28.5. The van der Waals surface area contributed by atoms with E-state index in [1.165, 1.54) is 0 Å². The average molecular weight is 1310 g/mol. The highest BCUT2D eigenvalue weighted by Crippen LogP contribution is 2.36. The number of hydrogen-bond donors (Lipinski definition) is 0. The molecule has 12 aromatic rings. The van der Waals surface area contributed by atoms with Crippen molar-refractivity contribution in [3.05, 3.63) is 164 Å². The Kier molecular flexibility index (Phi) is 17.8. The summed E-state index contributed by atoms with van der Waals surface area (Å²) in [4.78, 5) is 65.0. The van der Waals surface area contributed by atoms with Gasteiger partial charge in [-0.15, -0.1) is 19.3 Å². The number of carbonyl (C=O) groups excluding carboxylic acids is 3. The zero-order valence-corrected chi connectivity index (χ0v) is 54.0. The number of pyridine rings is 6. The molecule has 0 spiro atoms. The molecule has 486 valence electrons. The molecule has 99 heavy (non-hydrogen) atoms. The number of hydrogen-bond acceptors (Lipinski definition) is 18. The lowest BCUT2D eigenvalue weighted by Gasteiger charge is -2.34. The lowest BCUT2D eigenvalue weighted by atomic mass is 10.0. The molecular weight excluding hydrogens is 1250 g/mol. The second kappa shape index (κ2) is 27.6. The minimum atomic E-state index is -0.274. The maximum atomic E-state index is 11.7. The van der Waals surface area contributed by atoms with E-state index < -0.39 is 0 Å². The molecule has 0 radical (unpaired) electrons. The summed E-state index contributed by atoms with van der Waals surface area (Å²) in [6.07, 6.45) is 38.8. The van der Waals surface area contributed by atoms with Crippen molar-refractivity contribution in [2.24, 2.45) is 21.1 Å². The smallest absolute Gasteiger partial charge is 0.298 e. The number of aryl methyl sites for hydroxylation is 3. The summed E-state index contributed by atoms with van der Waals surface area (Å²) in [6.45, 7) is 7.43. The van der Waals surface area contributed by atoms with Crippen molar-refractivity contribution < 1.29 is 14.4 Å². The van der Waals surface area contributed by atoms with E-state index in [0.717, 1.165) is 101 Å². The van der Waals surface area contributed by atoms with Crippen molar-refractivity contribution in [3.63, 3.8) is 0 Å². The zero-order valence-electron chi connectivity index (χ0n) is 54.0. The molecule has 0 aliphatic carbocycles. The van der Waals surface area contributed by atoms with Gasteiger partial charge in [0.25, 0.3) is 17.7 Å². The summed E-state index contributed by atoms with van der Waals surface area (Å²) in [5.41, 5.74) is 14.2. The van der Waals surface area contributed by atoms with Crippen molar-refractivity contribution in [2.75, 3.05) is 93.2 Å². The first-order chi connectivity index (χ1) is 48.2. The normalized spacial score (nSPS) is 13.7. The number of imidazole rings is 1. The molecule has 0 N–H and O–H groups in total. The number of anilines is 3.